The van der Waals surface area contributed by atoms with E-state index in [1.165, 1.54) is 5.56 Å². The summed E-state index contributed by atoms with van der Waals surface area (Å²) in [6.07, 6.45) is 1.90. The minimum Gasteiger partial charge on any atom is -0.496 e. The fourth-order valence-electron chi connectivity index (χ4n) is 1.71. The first-order valence-electron chi connectivity index (χ1n) is 5.03. The van der Waals surface area contributed by atoms with Crippen molar-refractivity contribution in [3.8, 4) is 17.0 Å². The molecule has 0 saturated carbocycles. The van der Waals surface area contributed by atoms with Gasteiger partial charge in [-0.15, -0.1) is 0 Å². The van der Waals surface area contributed by atoms with Crippen LogP contribution in [0, 0.1) is 11.7 Å². The van der Waals surface area contributed by atoms with E-state index >= 15 is 0 Å². The molecule has 2 aromatic rings. The van der Waals surface area contributed by atoms with Gasteiger partial charge < -0.3 is 14.3 Å². The molecule has 0 atom stereocenters. The van der Waals surface area contributed by atoms with Gasteiger partial charge in [-0.1, -0.05) is 11.6 Å². The third-order valence-corrected chi connectivity index (χ3v) is 3.02. The summed E-state index contributed by atoms with van der Waals surface area (Å²) in [4.78, 5) is 3.03. The van der Waals surface area contributed by atoms with Gasteiger partial charge in [0.25, 0.3) is 0 Å². The van der Waals surface area contributed by atoms with Crippen molar-refractivity contribution in [2.45, 2.75) is 6.92 Å². The van der Waals surface area contributed by atoms with Crippen molar-refractivity contribution in [2.24, 2.45) is 7.05 Å². The Hall–Kier alpha value is -1.55. The summed E-state index contributed by atoms with van der Waals surface area (Å²) in [5, 5.41) is 0. The lowest BCUT2D eigenvalue weighted by atomic mass is 10.1. The number of imidazole rings is 1. The summed E-state index contributed by atoms with van der Waals surface area (Å²) < 4.78 is 8.00. The molecule has 1 heterocycles. The number of ether oxygens (including phenoxy) is 1. The minimum absolute atomic E-state index is 0.707. The van der Waals surface area contributed by atoms with E-state index in [-0.39, 0.29) is 0 Å². The Morgan fingerprint density at radius 2 is 2.12 bits per heavy atom. The predicted molar refractivity (Wildman–Crippen MR) is 67.3 cm³/mol. The lowest BCUT2D eigenvalue weighted by molar-refractivity contribution is 0.416. The molecule has 3 nitrogen and oxygen atoms in total. The predicted octanol–water partition coefficient (Wildman–Crippen LogP) is 3.07. The second-order valence-corrected chi connectivity index (χ2v) is 4.13. The normalized spacial score (nSPS) is 10.4. The van der Waals surface area contributed by atoms with Crippen LogP contribution >= 0.6 is 12.2 Å². The minimum atomic E-state index is 0.707. The fourth-order valence-corrected chi connectivity index (χ4v) is 1.87. The number of aryl methyl sites for hydroxylation is 1. The van der Waals surface area contributed by atoms with Gasteiger partial charge in [0, 0.05) is 18.8 Å². The molecular formula is C12H14N2OS. The molecule has 0 aliphatic carbocycles. The zero-order chi connectivity index (χ0) is 11.7. The van der Waals surface area contributed by atoms with Gasteiger partial charge >= 0.3 is 0 Å². The van der Waals surface area contributed by atoms with Crippen LogP contribution in [0.4, 0.5) is 0 Å². The van der Waals surface area contributed by atoms with Gasteiger partial charge in [-0.3, -0.25) is 0 Å². The first-order chi connectivity index (χ1) is 7.63. The topological polar surface area (TPSA) is 29.9 Å². The average molecular weight is 234 g/mol. The highest BCUT2D eigenvalue weighted by molar-refractivity contribution is 7.71. The van der Waals surface area contributed by atoms with Gasteiger partial charge in [-0.05, 0) is 31.3 Å². The first-order valence-corrected chi connectivity index (χ1v) is 5.43. The van der Waals surface area contributed by atoms with Crippen LogP contribution < -0.4 is 4.74 Å². The molecule has 0 aliphatic rings. The maximum atomic E-state index is 5.36. The molecule has 0 saturated heterocycles. The highest BCUT2D eigenvalue weighted by atomic mass is 32.1. The van der Waals surface area contributed by atoms with Gasteiger partial charge in [0.15, 0.2) is 4.77 Å². The van der Waals surface area contributed by atoms with Crippen molar-refractivity contribution in [3.63, 3.8) is 0 Å². The molecule has 0 unspecified atom stereocenters. The third kappa shape index (κ3) is 1.76. The number of rotatable bonds is 2. The third-order valence-electron chi connectivity index (χ3n) is 2.63. The van der Waals surface area contributed by atoms with Gasteiger partial charge in [0.1, 0.15) is 5.75 Å². The Labute approximate surface area is 99.7 Å². The van der Waals surface area contributed by atoms with E-state index in [0.29, 0.717) is 4.77 Å². The summed E-state index contributed by atoms with van der Waals surface area (Å²) in [6, 6.07) is 6.10. The average Bonchev–Trinajstić information content (AvgIpc) is 2.60. The Morgan fingerprint density at radius 3 is 2.69 bits per heavy atom. The number of benzene rings is 1. The van der Waals surface area contributed by atoms with E-state index in [0.717, 1.165) is 17.0 Å². The highest BCUT2D eigenvalue weighted by Gasteiger charge is 2.09. The van der Waals surface area contributed by atoms with Gasteiger partial charge in [0.05, 0.1) is 12.8 Å². The number of hydrogen-bond donors (Lipinski definition) is 1. The number of nitrogens with zero attached hydrogens (tertiary/aromatic N) is 1. The van der Waals surface area contributed by atoms with E-state index in [9.17, 15) is 0 Å². The van der Waals surface area contributed by atoms with Crippen LogP contribution in [0.2, 0.25) is 0 Å². The molecule has 1 aromatic carbocycles. The van der Waals surface area contributed by atoms with E-state index in [1.54, 1.807) is 7.11 Å². The second kappa shape index (κ2) is 4.14. The van der Waals surface area contributed by atoms with Crippen LogP contribution in [-0.4, -0.2) is 16.7 Å². The first kappa shape index (κ1) is 11.0. The summed E-state index contributed by atoms with van der Waals surface area (Å²) in [7, 11) is 3.62. The smallest absolute Gasteiger partial charge is 0.177 e. The zero-order valence-electron chi connectivity index (χ0n) is 9.57. The fraction of sp³-hybridized carbons (Fsp3) is 0.250. The number of nitrogens with one attached hydrogen (secondary N) is 1. The molecule has 0 aliphatic heterocycles. The van der Waals surface area contributed by atoms with Crippen molar-refractivity contribution in [2.75, 3.05) is 7.11 Å². The van der Waals surface area contributed by atoms with Crippen LogP contribution in [0.3, 0.4) is 0 Å². The largest absolute Gasteiger partial charge is 0.496 e. The van der Waals surface area contributed by atoms with E-state index < -0.39 is 0 Å². The number of H-pyrrole nitrogens is 1. The van der Waals surface area contributed by atoms with E-state index in [4.69, 9.17) is 17.0 Å². The second-order valence-electron chi connectivity index (χ2n) is 3.74. The van der Waals surface area contributed by atoms with Gasteiger partial charge in [-0.2, -0.15) is 0 Å². The molecule has 2 rings (SSSR count). The van der Waals surface area contributed by atoms with Crippen LogP contribution in [-0.2, 0) is 7.05 Å². The Bertz CT molecular complexity index is 569. The molecule has 4 heteroatoms. The molecular weight excluding hydrogens is 220 g/mol. The Kier molecular flexibility index (Phi) is 2.83. The number of hydrogen-bond acceptors (Lipinski definition) is 2. The van der Waals surface area contributed by atoms with Crippen molar-refractivity contribution >= 4 is 12.2 Å². The standard InChI is InChI=1S/C12H14N2OS/c1-8-4-5-11(15-3)9(6-8)10-7-13-12(16)14(10)2/h4-7H,1-3H3,(H,13,16). The summed E-state index contributed by atoms with van der Waals surface area (Å²) in [5.74, 6) is 0.857. The summed E-state index contributed by atoms with van der Waals surface area (Å²) in [5.41, 5.74) is 3.28. The zero-order valence-corrected chi connectivity index (χ0v) is 10.4. The molecule has 0 bridgehead atoms. The molecule has 0 fully saturated rings. The van der Waals surface area contributed by atoms with Crippen LogP contribution in [0.5, 0.6) is 5.75 Å². The monoisotopic (exact) mass is 234 g/mol. The van der Waals surface area contributed by atoms with E-state index in [2.05, 4.69) is 18.0 Å². The molecule has 0 radical (unpaired) electrons. The molecule has 0 amide bonds. The molecule has 0 spiro atoms. The highest BCUT2D eigenvalue weighted by Crippen LogP contribution is 2.30. The number of methoxy groups -OCH3 is 1. The van der Waals surface area contributed by atoms with Crippen LogP contribution in [0.1, 0.15) is 5.56 Å². The molecule has 1 N–H and O–H groups in total. The lowest BCUT2D eigenvalue weighted by Crippen LogP contribution is -1.94. The van der Waals surface area contributed by atoms with Crippen LogP contribution in [0.25, 0.3) is 11.3 Å². The molecule has 1 aromatic heterocycles. The van der Waals surface area contributed by atoms with Gasteiger partial charge in [0.2, 0.25) is 0 Å². The van der Waals surface area contributed by atoms with Crippen molar-refractivity contribution in [1.82, 2.24) is 9.55 Å². The van der Waals surface area contributed by atoms with E-state index in [1.807, 2.05) is 29.9 Å². The maximum Gasteiger partial charge on any atom is 0.177 e. The van der Waals surface area contributed by atoms with Crippen LogP contribution in [0.15, 0.2) is 24.4 Å². The quantitative estimate of drug-likeness (QED) is 0.809. The maximum absolute atomic E-state index is 5.36. The van der Waals surface area contributed by atoms with Crippen molar-refractivity contribution in [3.05, 3.63) is 34.7 Å². The summed E-state index contributed by atoms with van der Waals surface area (Å²) in [6.45, 7) is 2.06. The van der Waals surface area contributed by atoms with Crippen molar-refractivity contribution < 1.29 is 4.74 Å². The number of aromatic nitrogens is 2. The summed E-state index contributed by atoms with van der Waals surface area (Å²) >= 11 is 5.15. The van der Waals surface area contributed by atoms with Gasteiger partial charge in [-0.25, -0.2) is 0 Å². The van der Waals surface area contributed by atoms with Crippen molar-refractivity contribution in [1.29, 1.82) is 0 Å². The molecule has 84 valence electrons. The SMILES string of the molecule is COc1ccc(C)cc1-c1c[nH]c(=S)n1C. The molecule has 16 heavy (non-hydrogen) atoms. The Balaban J connectivity index is 2.67. The number of aromatic amines is 1. The Morgan fingerprint density at radius 1 is 1.38 bits per heavy atom. The lowest BCUT2D eigenvalue weighted by Gasteiger charge is -2.09.